The third-order valence-electron chi connectivity index (χ3n) is 3.45. The maximum atomic E-state index is 10.1. The number of hydrogen-bond donors (Lipinski definition) is 3. The molecule has 0 aromatic carbocycles. The number of ether oxygens (including phenoxy) is 1. The van der Waals surface area contributed by atoms with Crippen molar-refractivity contribution in [3.8, 4) is 0 Å². The Morgan fingerprint density at radius 3 is 2.55 bits per heavy atom. The van der Waals surface area contributed by atoms with Crippen molar-refractivity contribution >= 4 is 28.6 Å². The minimum absolute atomic E-state index is 0.0165. The summed E-state index contributed by atoms with van der Waals surface area (Å²) in [4.78, 5) is 12.2. The summed E-state index contributed by atoms with van der Waals surface area (Å²) in [5.74, 6) is 0.691. The van der Waals surface area contributed by atoms with E-state index in [1.807, 2.05) is 0 Å². The van der Waals surface area contributed by atoms with Crippen LogP contribution in [-0.4, -0.2) is 48.0 Å². The number of hydrogen-bond acceptors (Lipinski definition) is 7. The van der Waals surface area contributed by atoms with E-state index in [1.165, 1.54) is 0 Å². The van der Waals surface area contributed by atoms with E-state index >= 15 is 0 Å². The number of aromatic nitrogens is 4. The normalized spacial score (nSPS) is 30.2. The third-order valence-corrected chi connectivity index (χ3v) is 3.62. The van der Waals surface area contributed by atoms with E-state index in [2.05, 4.69) is 15.0 Å². The molecule has 1 saturated heterocycles. The largest absolute Gasteiger partial charge is 0.388 e. The van der Waals surface area contributed by atoms with Gasteiger partial charge in [-0.3, -0.25) is 4.57 Å². The SMILES string of the molecule is Cc1nc2c(N)nc(Cl)nc2n1[C@@H]1O[C@H](C)[C@@H](O)[C@H]1O. The molecule has 108 valence electrons. The fourth-order valence-electron chi connectivity index (χ4n) is 2.42. The van der Waals surface area contributed by atoms with Gasteiger partial charge in [0.15, 0.2) is 23.2 Å². The Kier molecular flexibility index (Phi) is 3.05. The molecular weight excluding hydrogens is 286 g/mol. The van der Waals surface area contributed by atoms with Crippen molar-refractivity contribution in [3.05, 3.63) is 11.1 Å². The molecule has 4 N–H and O–H groups in total. The number of rotatable bonds is 1. The zero-order valence-corrected chi connectivity index (χ0v) is 11.6. The number of nitrogen functional groups attached to an aromatic ring is 1. The number of halogens is 1. The standard InChI is InChI=1S/C11H14ClN5O3/c1-3-6(18)7(19)10(20-3)17-4(2)14-5-8(13)15-11(12)16-9(5)17/h3,6-7,10,18-19H,1-2H3,(H2,13,15,16)/t3-,6-,7-,10-/m1/s1. The molecule has 0 aliphatic carbocycles. The first-order chi connectivity index (χ1) is 9.40. The van der Waals surface area contributed by atoms with Crippen molar-refractivity contribution < 1.29 is 14.9 Å². The summed E-state index contributed by atoms with van der Waals surface area (Å²) in [5.41, 5.74) is 6.52. The second-order valence-corrected chi connectivity index (χ2v) is 5.13. The number of nitrogens with zero attached hydrogens (tertiary/aromatic N) is 4. The van der Waals surface area contributed by atoms with Crippen LogP contribution in [0.4, 0.5) is 5.82 Å². The molecule has 0 bridgehead atoms. The van der Waals surface area contributed by atoms with Crippen LogP contribution in [0.3, 0.4) is 0 Å². The van der Waals surface area contributed by atoms with Crippen molar-refractivity contribution in [1.82, 2.24) is 19.5 Å². The van der Waals surface area contributed by atoms with E-state index in [1.54, 1.807) is 18.4 Å². The van der Waals surface area contributed by atoms with Gasteiger partial charge in [-0.05, 0) is 25.4 Å². The Labute approximate surface area is 119 Å². The van der Waals surface area contributed by atoms with Gasteiger partial charge in [0.05, 0.1) is 6.10 Å². The van der Waals surface area contributed by atoms with Gasteiger partial charge in [0.2, 0.25) is 5.28 Å². The Morgan fingerprint density at radius 2 is 1.95 bits per heavy atom. The highest BCUT2D eigenvalue weighted by atomic mass is 35.5. The lowest BCUT2D eigenvalue weighted by Gasteiger charge is -2.18. The fraction of sp³-hybridized carbons (Fsp3) is 0.545. The van der Waals surface area contributed by atoms with Gasteiger partial charge in [-0.15, -0.1) is 0 Å². The van der Waals surface area contributed by atoms with Crippen molar-refractivity contribution in [3.63, 3.8) is 0 Å². The summed E-state index contributed by atoms with van der Waals surface area (Å²) < 4.78 is 7.14. The number of nitrogens with two attached hydrogens (primary N) is 1. The first kappa shape index (κ1) is 13.5. The topological polar surface area (TPSA) is 119 Å². The third kappa shape index (κ3) is 1.84. The zero-order valence-electron chi connectivity index (χ0n) is 10.9. The minimum atomic E-state index is -1.09. The van der Waals surface area contributed by atoms with Crippen LogP contribution in [0, 0.1) is 6.92 Å². The van der Waals surface area contributed by atoms with Crippen molar-refractivity contribution in [2.24, 2.45) is 0 Å². The summed E-state index contributed by atoms with van der Waals surface area (Å²) in [6.45, 7) is 3.40. The Balaban J connectivity index is 2.19. The molecule has 0 saturated carbocycles. The second kappa shape index (κ2) is 4.52. The molecule has 9 heteroatoms. The molecule has 2 aromatic heterocycles. The minimum Gasteiger partial charge on any atom is -0.388 e. The van der Waals surface area contributed by atoms with E-state index < -0.39 is 24.5 Å². The molecule has 8 nitrogen and oxygen atoms in total. The first-order valence-corrected chi connectivity index (χ1v) is 6.47. The highest BCUT2D eigenvalue weighted by Crippen LogP contribution is 2.33. The average Bonchev–Trinajstić information content (AvgIpc) is 2.82. The monoisotopic (exact) mass is 299 g/mol. The number of fused-ring (bicyclic) bond motifs is 1. The molecule has 1 aliphatic rings. The van der Waals surface area contributed by atoms with E-state index in [0.29, 0.717) is 17.0 Å². The molecule has 1 fully saturated rings. The summed E-state index contributed by atoms with van der Waals surface area (Å²) in [6.07, 6.45) is -3.36. The van der Waals surface area contributed by atoms with Gasteiger partial charge in [0, 0.05) is 0 Å². The molecule has 0 radical (unpaired) electrons. The van der Waals surface area contributed by atoms with Crippen LogP contribution in [0.1, 0.15) is 19.0 Å². The smallest absolute Gasteiger partial charge is 0.226 e. The number of anilines is 1. The Morgan fingerprint density at radius 1 is 1.25 bits per heavy atom. The molecule has 0 amide bonds. The van der Waals surface area contributed by atoms with Crippen LogP contribution in [0.25, 0.3) is 11.2 Å². The lowest BCUT2D eigenvalue weighted by molar-refractivity contribution is -0.0310. The van der Waals surface area contributed by atoms with Gasteiger partial charge in [-0.25, -0.2) is 4.98 Å². The lowest BCUT2D eigenvalue weighted by Crippen LogP contribution is -2.30. The van der Waals surface area contributed by atoms with Crippen molar-refractivity contribution in [2.45, 2.75) is 38.4 Å². The summed E-state index contributed by atoms with van der Waals surface area (Å²) >= 11 is 5.81. The lowest BCUT2D eigenvalue weighted by atomic mass is 10.1. The van der Waals surface area contributed by atoms with E-state index in [9.17, 15) is 10.2 Å². The van der Waals surface area contributed by atoms with Crippen LogP contribution < -0.4 is 5.73 Å². The fourth-order valence-corrected chi connectivity index (χ4v) is 2.59. The average molecular weight is 300 g/mol. The molecular formula is C11H14ClN5O3. The number of aliphatic hydroxyl groups is 2. The summed E-state index contributed by atoms with van der Waals surface area (Å²) in [6, 6.07) is 0. The van der Waals surface area contributed by atoms with Gasteiger partial charge in [-0.2, -0.15) is 9.97 Å². The van der Waals surface area contributed by atoms with Gasteiger partial charge < -0.3 is 20.7 Å². The van der Waals surface area contributed by atoms with Crippen molar-refractivity contribution in [1.29, 1.82) is 0 Å². The van der Waals surface area contributed by atoms with Gasteiger partial charge in [0.1, 0.15) is 18.0 Å². The van der Waals surface area contributed by atoms with Gasteiger partial charge in [-0.1, -0.05) is 0 Å². The maximum absolute atomic E-state index is 10.1. The highest BCUT2D eigenvalue weighted by Gasteiger charge is 2.42. The van der Waals surface area contributed by atoms with Crippen LogP contribution in [0.5, 0.6) is 0 Å². The molecule has 0 unspecified atom stereocenters. The highest BCUT2D eigenvalue weighted by molar-refractivity contribution is 6.28. The molecule has 1 aliphatic heterocycles. The van der Waals surface area contributed by atoms with E-state index in [-0.39, 0.29) is 11.1 Å². The molecule has 0 spiro atoms. The summed E-state index contributed by atoms with van der Waals surface area (Å²) in [7, 11) is 0. The molecule has 3 heterocycles. The molecule has 2 aromatic rings. The predicted octanol–water partition coefficient (Wildman–Crippen LogP) is 0.00942. The van der Waals surface area contributed by atoms with Crippen molar-refractivity contribution in [2.75, 3.05) is 5.73 Å². The first-order valence-electron chi connectivity index (χ1n) is 6.09. The quantitative estimate of drug-likeness (QED) is 0.634. The number of aryl methyl sites for hydroxylation is 1. The molecule has 20 heavy (non-hydrogen) atoms. The molecule has 4 atom stereocenters. The zero-order chi connectivity index (χ0) is 14.6. The molecule has 3 rings (SSSR count). The van der Waals surface area contributed by atoms with Crippen LogP contribution in [-0.2, 0) is 4.74 Å². The summed E-state index contributed by atoms with van der Waals surface area (Å²) in [5, 5.41) is 19.9. The van der Waals surface area contributed by atoms with Gasteiger partial charge >= 0.3 is 0 Å². The van der Waals surface area contributed by atoms with Crippen LogP contribution in [0.2, 0.25) is 5.28 Å². The number of aliphatic hydroxyl groups excluding tert-OH is 2. The van der Waals surface area contributed by atoms with Gasteiger partial charge in [0.25, 0.3) is 0 Å². The van der Waals surface area contributed by atoms with E-state index in [4.69, 9.17) is 22.1 Å². The Hall–Kier alpha value is -1.48. The Bertz CT molecular complexity index is 676. The predicted molar refractivity (Wildman–Crippen MR) is 71.1 cm³/mol. The van der Waals surface area contributed by atoms with Crippen LogP contribution in [0.15, 0.2) is 0 Å². The van der Waals surface area contributed by atoms with Crippen LogP contribution >= 0.6 is 11.6 Å². The second-order valence-electron chi connectivity index (χ2n) is 4.79. The van der Waals surface area contributed by atoms with E-state index in [0.717, 1.165) is 0 Å². The number of imidazole rings is 1. The maximum Gasteiger partial charge on any atom is 0.226 e.